The van der Waals surface area contributed by atoms with E-state index < -0.39 is 0 Å². The minimum absolute atomic E-state index is 0.162. The van der Waals surface area contributed by atoms with Crippen LogP contribution in [0.15, 0.2) is 66.1 Å². The van der Waals surface area contributed by atoms with Gasteiger partial charge in [-0.15, -0.1) is 0 Å². The minimum atomic E-state index is -0.162. The van der Waals surface area contributed by atoms with Gasteiger partial charge in [-0.1, -0.05) is 6.07 Å². The van der Waals surface area contributed by atoms with Crippen molar-refractivity contribution in [1.82, 2.24) is 14.5 Å². The molecular weight excluding hydrogens is 292 g/mol. The van der Waals surface area contributed by atoms with Crippen LogP contribution in [0.5, 0.6) is 0 Å². The fraction of sp³-hybridized carbons (Fsp3) is 0.0588. The van der Waals surface area contributed by atoms with E-state index in [1.54, 1.807) is 48.9 Å². The third-order valence-electron chi connectivity index (χ3n) is 3.25. The molecule has 1 N–H and O–H groups in total. The molecule has 0 atom stereocenters. The van der Waals surface area contributed by atoms with Crippen LogP contribution in [0, 0.1) is 0 Å². The third kappa shape index (κ3) is 3.32. The average Bonchev–Trinajstić information content (AvgIpc) is 2.56. The zero-order valence-corrected chi connectivity index (χ0v) is 12.4. The summed E-state index contributed by atoms with van der Waals surface area (Å²) in [6.07, 6.45) is 6.56. The minimum Gasteiger partial charge on any atom is -0.326 e. The summed E-state index contributed by atoms with van der Waals surface area (Å²) in [5.74, 6) is -0.162. The number of nitrogens with zero attached hydrogens (tertiary/aromatic N) is 3. The lowest BCUT2D eigenvalue weighted by atomic mass is 10.1. The lowest BCUT2D eigenvalue weighted by Gasteiger charge is -2.10. The summed E-state index contributed by atoms with van der Waals surface area (Å²) in [5, 5.41) is 2.71. The molecule has 2 heterocycles. The summed E-state index contributed by atoms with van der Waals surface area (Å²) in [7, 11) is 0. The van der Waals surface area contributed by atoms with E-state index in [0.717, 1.165) is 11.1 Å². The molecule has 2 aromatic heterocycles. The van der Waals surface area contributed by atoms with E-state index in [4.69, 9.17) is 0 Å². The Hall–Kier alpha value is -3.28. The van der Waals surface area contributed by atoms with Crippen LogP contribution in [0.4, 0.5) is 5.69 Å². The van der Waals surface area contributed by atoms with Crippen LogP contribution in [0.3, 0.4) is 0 Å². The highest BCUT2D eigenvalue weighted by Gasteiger charge is 2.05. The van der Waals surface area contributed by atoms with E-state index in [1.807, 2.05) is 0 Å². The van der Waals surface area contributed by atoms with Gasteiger partial charge < -0.3 is 5.32 Å². The van der Waals surface area contributed by atoms with Gasteiger partial charge in [0.25, 0.3) is 5.56 Å². The number of pyridine rings is 1. The highest BCUT2D eigenvalue weighted by Crippen LogP contribution is 2.18. The molecule has 3 aromatic rings. The first-order valence-corrected chi connectivity index (χ1v) is 6.99. The molecule has 0 radical (unpaired) electrons. The normalized spacial score (nSPS) is 10.3. The van der Waals surface area contributed by atoms with E-state index in [0.29, 0.717) is 11.4 Å². The molecule has 0 saturated heterocycles. The van der Waals surface area contributed by atoms with Crippen LogP contribution in [-0.4, -0.2) is 20.4 Å². The van der Waals surface area contributed by atoms with E-state index in [1.165, 1.54) is 23.9 Å². The van der Waals surface area contributed by atoms with Crippen molar-refractivity contribution in [1.29, 1.82) is 0 Å². The van der Waals surface area contributed by atoms with Gasteiger partial charge >= 0.3 is 0 Å². The fourth-order valence-corrected chi connectivity index (χ4v) is 2.24. The lowest BCUT2D eigenvalue weighted by molar-refractivity contribution is -0.114. The van der Waals surface area contributed by atoms with Crippen LogP contribution in [0.2, 0.25) is 0 Å². The molecule has 1 amide bonds. The highest BCUT2D eigenvalue weighted by atomic mass is 16.1. The molecule has 3 rings (SSSR count). The molecule has 6 nitrogen and oxygen atoms in total. The average molecular weight is 306 g/mol. The second kappa shape index (κ2) is 6.23. The summed E-state index contributed by atoms with van der Waals surface area (Å²) < 4.78 is 1.52. The van der Waals surface area contributed by atoms with Crippen LogP contribution >= 0.6 is 0 Å². The van der Waals surface area contributed by atoms with Gasteiger partial charge in [-0.3, -0.25) is 14.2 Å². The van der Waals surface area contributed by atoms with E-state index in [2.05, 4.69) is 15.3 Å². The summed E-state index contributed by atoms with van der Waals surface area (Å²) in [6.45, 7) is 1.44. The molecule has 0 unspecified atom stereocenters. The quantitative estimate of drug-likeness (QED) is 0.805. The highest BCUT2D eigenvalue weighted by molar-refractivity contribution is 5.88. The predicted octanol–water partition coefficient (Wildman–Crippen LogP) is 2.25. The number of benzene rings is 1. The van der Waals surface area contributed by atoms with Crippen molar-refractivity contribution in [2.75, 3.05) is 5.32 Å². The third-order valence-corrected chi connectivity index (χ3v) is 3.25. The number of amides is 1. The SMILES string of the molecule is CC(=O)Nc1cccc(-n2cc(-c3cncnc3)ccc2=O)c1. The van der Waals surface area contributed by atoms with Crippen LogP contribution < -0.4 is 10.9 Å². The number of rotatable bonds is 3. The van der Waals surface area contributed by atoms with Crippen molar-refractivity contribution in [3.63, 3.8) is 0 Å². The Bertz CT molecular complexity index is 904. The van der Waals surface area contributed by atoms with Gasteiger partial charge in [0.05, 0.1) is 5.69 Å². The number of nitrogens with one attached hydrogen (secondary N) is 1. The molecule has 0 saturated carbocycles. The Labute approximate surface area is 132 Å². The van der Waals surface area contributed by atoms with Crippen molar-refractivity contribution in [2.45, 2.75) is 6.92 Å². The molecule has 0 spiro atoms. The summed E-state index contributed by atoms with van der Waals surface area (Å²) in [5.41, 5.74) is 2.79. The maximum atomic E-state index is 12.2. The summed E-state index contributed by atoms with van der Waals surface area (Å²) >= 11 is 0. The molecule has 114 valence electrons. The molecule has 0 aliphatic rings. The number of hydrogen-bond acceptors (Lipinski definition) is 4. The van der Waals surface area contributed by atoms with Crippen molar-refractivity contribution in [3.05, 3.63) is 71.7 Å². The standard InChI is InChI=1S/C17H14N4O2/c1-12(22)20-15-3-2-4-16(7-15)21-10-13(5-6-17(21)23)14-8-18-11-19-9-14/h2-11H,1H3,(H,20,22). The second-order valence-electron chi connectivity index (χ2n) is 4.98. The van der Waals surface area contributed by atoms with Crippen LogP contribution in [-0.2, 0) is 4.79 Å². The van der Waals surface area contributed by atoms with Crippen molar-refractivity contribution in [2.24, 2.45) is 0 Å². The van der Waals surface area contributed by atoms with Gasteiger partial charge in [-0.05, 0) is 24.3 Å². The zero-order chi connectivity index (χ0) is 16.2. The molecule has 0 bridgehead atoms. The molecule has 1 aromatic carbocycles. The van der Waals surface area contributed by atoms with Gasteiger partial charge in [0.2, 0.25) is 5.91 Å². The van der Waals surface area contributed by atoms with Gasteiger partial charge in [0.15, 0.2) is 0 Å². The fourth-order valence-electron chi connectivity index (χ4n) is 2.24. The molecule has 0 aliphatic carbocycles. The molecular formula is C17H14N4O2. The molecule has 0 aliphatic heterocycles. The maximum Gasteiger partial charge on any atom is 0.255 e. The summed E-state index contributed by atoms with van der Waals surface area (Å²) in [4.78, 5) is 31.3. The first-order valence-electron chi connectivity index (χ1n) is 6.99. The van der Waals surface area contributed by atoms with E-state index >= 15 is 0 Å². The maximum absolute atomic E-state index is 12.2. The number of aromatic nitrogens is 3. The van der Waals surface area contributed by atoms with Gasteiger partial charge in [0, 0.05) is 48.4 Å². The van der Waals surface area contributed by atoms with Gasteiger partial charge in [0.1, 0.15) is 6.33 Å². The van der Waals surface area contributed by atoms with Crippen molar-refractivity contribution < 1.29 is 4.79 Å². The van der Waals surface area contributed by atoms with Crippen LogP contribution in [0.1, 0.15) is 6.92 Å². The molecule has 23 heavy (non-hydrogen) atoms. The topological polar surface area (TPSA) is 76.9 Å². The second-order valence-corrected chi connectivity index (χ2v) is 4.98. The number of carbonyl (C=O) groups is 1. The Balaban J connectivity index is 2.06. The van der Waals surface area contributed by atoms with Gasteiger partial charge in [-0.2, -0.15) is 0 Å². The van der Waals surface area contributed by atoms with Crippen molar-refractivity contribution in [3.8, 4) is 16.8 Å². The number of anilines is 1. The van der Waals surface area contributed by atoms with E-state index in [9.17, 15) is 9.59 Å². The Morgan fingerprint density at radius 1 is 1.09 bits per heavy atom. The van der Waals surface area contributed by atoms with Crippen LogP contribution in [0.25, 0.3) is 16.8 Å². The largest absolute Gasteiger partial charge is 0.326 e. The number of hydrogen-bond donors (Lipinski definition) is 1. The Morgan fingerprint density at radius 2 is 1.87 bits per heavy atom. The van der Waals surface area contributed by atoms with Crippen molar-refractivity contribution >= 4 is 11.6 Å². The first-order chi connectivity index (χ1) is 11.1. The Morgan fingerprint density at radius 3 is 2.61 bits per heavy atom. The van der Waals surface area contributed by atoms with E-state index in [-0.39, 0.29) is 11.5 Å². The number of carbonyl (C=O) groups excluding carboxylic acids is 1. The first kappa shape index (κ1) is 14.6. The molecule has 0 fully saturated rings. The predicted molar refractivity (Wildman–Crippen MR) is 87.4 cm³/mol. The Kier molecular flexibility index (Phi) is 3.97. The van der Waals surface area contributed by atoms with Gasteiger partial charge in [-0.25, -0.2) is 9.97 Å². The summed E-state index contributed by atoms with van der Waals surface area (Å²) in [6, 6.07) is 10.3. The lowest BCUT2D eigenvalue weighted by Crippen LogP contribution is -2.17. The zero-order valence-electron chi connectivity index (χ0n) is 12.4. The monoisotopic (exact) mass is 306 g/mol. The smallest absolute Gasteiger partial charge is 0.255 e. The molecule has 6 heteroatoms.